The Hall–Kier alpha value is -2.23. The highest BCUT2D eigenvalue weighted by Crippen LogP contribution is 2.36. The van der Waals surface area contributed by atoms with Crippen LogP contribution in [-0.4, -0.2) is 55.9 Å². The largest absolute Gasteiger partial charge is 0.379 e. The predicted octanol–water partition coefficient (Wildman–Crippen LogP) is 0.465. The summed E-state index contributed by atoms with van der Waals surface area (Å²) in [5, 5.41) is 7.03. The first kappa shape index (κ1) is 16.2. The number of nitrogens with one attached hydrogen (secondary N) is 1. The minimum Gasteiger partial charge on any atom is -0.379 e. The molecule has 9 heteroatoms. The molecule has 0 unspecified atom stereocenters. The van der Waals surface area contributed by atoms with Crippen molar-refractivity contribution < 1.29 is 13.2 Å². The SMILES string of the molecule is O=c1c2c(cnn1CCN1CCOCC1)S(=O)(=O)c1ccccc1N2. The first-order valence-corrected chi connectivity index (χ1v) is 9.57. The highest BCUT2D eigenvalue weighted by atomic mass is 32.2. The number of para-hydroxylation sites is 1. The molecule has 0 aliphatic carbocycles. The molecule has 0 atom stereocenters. The van der Waals surface area contributed by atoms with Gasteiger partial charge in [-0.2, -0.15) is 5.10 Å². The summed E-state index contributed by atoms with van der Waals surface area (Å²) in [5.74, 6) is 0. The van der Waals surface area contributed by atoms with E-state index < -0.39 is 15.4 Å². The van der Waals surface area contributed by atoms with Crippen LogP contribution < -0.4 is 10.9 Å². The van der Waals surface area contributed by atoms with Crippen LogP contribution >= 0.6 is 0 Å². The van der Waals surface area contributed by atoms with Gasteiger partial charge in [0, 0.05) is 19.6 Å². The monoisotopic (exact) mass is 362 g/mol. The van der Waals surface area contributed by atoms with Crippen LogP contribution in [0.1, 0.15) is 0 Å². The molecule has 0 spiro atoms. The summed E-state index contributed by atoms with van der Waals surface area (Å²) >= 11 is 0. The molecule has 2 aromatic rings. The fraction of sp³-hybridized carbons (Fsp3) is 0.375. The van der Waals surface area contributed by atoms with E-state index in [0.29, 0.717) is 32.0 Å². The van der Waals surface area contributed by atoms with E-state index in [4.69, 9.17) is 4.74 Å². The van der Waals surface area contributed by atoms with Gasteiger partial charge in [0.25, 0.3) is 5.56 Å². The maximum absolute atomic E-state index is 12.7. The molecule has 25 heavy (non-hydrogen) atoms. The van der Waals surface area contributed by atoms with Crippen LogP contribution in [0.25, 0.3) is 0 Å². The molecular weight excluding hydrogens is 344 g/mol. The average molecular weight is 362 g/mol. The van der Waals surface area contributed by atoms with Crippen LogP contribution in [0, 0.1) is 0 Å². The smallest absolute Gasteiger partial charge is 0.291 e. The van der Waals surface area contributed by atoms with Crippen molar-refractivity contribution in [2.75, 3.05) is 38.2 Å². The Bertz CT molecular complexity index is 964. The highest BCUT2D eigenvalue weighted by Gasteiger charge is 2.32. The summed E-state index contributed by atoms with van der Waals surface area (Å²) in [5.41, 5.74) is 0.0533. The molecule has 0 amide bonds. The molecule has 0 saturated carbocycles. The summed E-state index contributed by atoms with van der Waals surface area (Å²) in [7, 11) is -3.74. The topological polar surface area (TPSA) is 93.5 Å². The van der Waals surface area contributed by atoms with E-state index in [0.717, 1.165) is 13.1 Å². The summed E-state index contributed by atoms with van der Waals surface area (Å²) < 4.78 is 32.0. The van der Waals surface area contributed by atoms with Crippen molar-refractivity contribution in [1.29, 1.82) is 0 Å². The van der Waals surface area contributed by atoms with Gasteiger partial charge in [-0.05, 0) is 12.1 Å². The Morgan fingerprint density at radius 2 is 1.88 bits per heavy atom. The molecule has 4 rings (SSSR count). The zero-order valence-corrected chi connectivity index (χ0v) is 14.3. The zero-order chi connectivity index (χ0) is 17.4. The van der Waals surface area contributed by atoms with Crippen LogP contribution in [0.2, 0.25) is 0 Å². The van der Waals surface area contributed by atoms with Gasteiger partial charge in [-0.15, -0.1) is 0 Å². The van der Waals surface area contributed by atoms with Crippen LogP contribution in [0.4, 0.5) is 11.4 Å². The first-order valence-electron chi connectivity index (χ1n) is 8.09. The van der Waals surface area contributed by atoms with E-state index in [-0.39, 0.29) is 15.5 Å². The van der Waals surface area contributed by atoms with Gasteiger partial charge in [-0.1, -0.05) is 12.1 Å². The lowest BCUT2D eigenvalue weighted by Crippen LogP contribution is -2.40. The van der Waals surface area contributed by atoms with Gasteiger partial charge < -0.3 is 10.1 Å². The minimum absolute atomic E-state index is 0.0654. The number of morpholine rings is 1. The molecule has 1 aromatic heterocycles. The second kappa shape index (κ2) is 6.25. The third-order valence-corrected chi connectivity index (χ3v) is 6.29. The first-order chi connectivity index (χ1) is 12.1. The van der Waals surface area contributed by atoms with Crippen LogP contribution in [0.5, 0.6) is 0 Å². The summed E-state index contributed by atoms with van der Waals surface area (Å²) in [6.07, 6.45) is 1.26. The molecular formula is C16H18N4O4S. The Labute approximate surface area is 144 Å². The Balaban J connectivity index is 1.66. The maximum atomic E-state index is 12.7. The number of rotatable bonds is 3. The molecule has 3 heterocycles. The summed E-state index contributed by atoms with van der Waals surface area (Å²) in [4.78, 5) is 15.0. The van der Waals surface area contributed by atoms with Crippen molar-refractivity contribution in [3.05, 3.63) is 40.8 Å². The molecule has 1 fully saturated rings. The van der Waals surface area contributed by atoms with E-state index in [1.165, 1.54) is 16.9 Å². The van der Waals surface area contributed by atoms with Gasteiger partial charge in [-0.25, -0.2) is 13.1 Å². The molecule has 1 saturated heterocycles. The van der Waals surface area contributed by atoms with Crippen molar-refractivity contribution >= 4 is 21.2 Å². The lowest BCUT2D eigenvalue weighted by atomic mass is 10.3. The third-order valence-electron chi connectivity index (χ3n) is 4.47. The molecule has 1 N–H and O–H groups in total. The van der Waals surface area contributed by atoms with Gasteiger partial charge in [0.05, 0.1) is 36.5 Å². The number of hydrogen-bond donors (Lipinski definition) is 1. The fourth-order valence-electron chi connectivity index (χ4n) is 3.07. The molecule has 132 valence electrons. The number of hydrogen-bond acceptors (Lipinski definition) is 7. The lowest BCUT2D eigenvalue weighted by molar-refractivity contribution is 0.0358. The molecule has 0 bridgehead atoms. The third kappa shape index (κ3) is 2.84. The van der Waals surface area contributed by atoms with Gasteiger partial charge in [0.2, 0.25) is 9.84 Å². The quantitative estimate of drug-likeness (QED) is 0.724. The van der Waals surface area contributed by atoms with Crippen molar-refractivity contribution in [3.63, 3.8) is 0 Å². The van der Waals surface area contributed by atoms with E-state index in [1.807, 2.05) is 0 Å². The second-order valence-corrected chi connectivity index (χ2v) is 7.88. The van der Waals surface area contributed by atoms with Gasteiger partial charge in [-0.3, -0.25) is 9.69 Å². The standard InChI is InChI=1S/C16H18N4O4S/c21-16-15-14(25(22,23)13-4-2-1-3-12(13)18-15)11-17-20(16)6-5-19-7-9-24-10-8-19/h1-4,11,18H,5-10H2. The number of ether oxygens (including phenoxy) is 1. The Kier molecular flexibility index (Phi) is 4.06. The number of sulfone groups is 1. The van der Waals surface area contributed by atoms with Crippen molar-refractivity contribution in [2.24, 2.45) is 0 Å². The highest BCUT2D eigenvalue weighted by molar-refractivity contribution is 7.92. The molecule has 8 nitrogen and oxygen atoms in total. The van der Waals surface area contributed by atoms with Gasteiger partial charge >= 0.3 is 0 Å². The van der Waals surface area contributed by atoms with E-state index in [9.17, 15) is 13.2 Å². The van der Waals surface area contributed by atoms with Crippen molar-refractivity contribution in [2.45, 2.75) is 16.3 Å². The minimum atomic E-state index is -3.74. The molecule has 1 aromatic carbocycles. The van der Waals surface area contributed by atoms with Crippen LogP contribution in [-0.2, 0) is 21.1 Å². The van der Waals surface area contributed by atoms with Gasteiger partial charge in [0.1, 0.15) is 10.6 Å². The summed E-state index contributed by atoms with van der Waals surface area (Å²) in [6, 6.07) is 6.54. The van der Waals surface area contributed by atoms with Crippen molar-refractivity contribution in [3.8, 4) is 0 Å². The summed E-state index contributed by atoms with van der Waals surface area (Å²) in [6.45, 7) is 4.07. The molecule has 2 aliphatic heterocycles. The number of benzene rings is 1. The maximum Gasteiger partial charge on any atom is 0.291 e. The number of fused-ring (bicyclic) bond motifs is 2. The molecule has 2 aliphatic rings. The fourth-order valence-corrected chi connectivity index (χ4v) is 4.57. The van der Waals surface area contributed by atoms with Crippen LogP contribution in [0.15, 0.2) is 45.0 Å². The normalized spacial score (nSPS) is 18.9. The van der Waals surface area contributed by atoms with E-state index in [2.05, 4.69) is 15.3 Å². The lowest BCUT2D eigenvalue weighted by Gasteiger charge is -2.26. The Morgan fingerprint density at radius 1 is 1.12 bits per heavy atom. The van der Waals surface area contributed by atoms with E-state index in [1.54, 1.807) is 18.2 Å². The van der Waals surface area contributed by atoms with Crippen molar-refractivity contribution in [1.82, 2.24) is 14.7 Å². The van der Waals surface area contributed by atoms with E-state index >= 15 is 0 Å². The Morgan fingerprint density at radius 3 is 2.68 bits per heavy atom. The predicted molar refractivity (Wildman–Crippen MR) is 90.9 cm³/mol. The number of aromatic nitrogens is 2. The zero-order valence-electron chi connectivity index (χ0n) is 13.5. The number of anilines is 2. The van der Waals surface area contributed by atoms with Gasteiger partial charge in [0.15, 0.2) is 0 Å². The van der Waals surface area contributed by atoms with Crippen LogP contribution in [0.3, 0.4) is 0 Å². The average Bonchev–Trinajstić information content (AvgIpc) is 2.63. The molecule has 0 radical (unpaired) electrons. The second-order valence-electron chi connectivity index (χ2n) is 5.99. The number of nitrogens with zero attached hydrogens (tertiary/aromatic N) is 3.